The van der Waals surface area contributed by atoms with E-state index in [2.05, 4.69) is 31.5 Å². The molecule has 2 aromatic heterocycles. The van der Waals surface area contributed by atoms with Gasteiger partial charge < -0.3 is 10.7 Å². The number of hydrogen-bond acceptors (Lipinski definition) is 6. The van der Waals surface area contributed by atoms with Crippen molar-refractivity contribution in [2.45, 2.75) is 11.9 Å². The van der Waals surface area contributed by atoms with Crippen molar-refractivity contribution in [3.8, 4) is 11.8 Å². The third-order valence-electron chi connectivity index (χ3n) is 2.01. The number of sulfonamides is 1. The highest BCUT2D eigenvalue weighted by atomic mass is 32.2. The molecule has 0 atom stereocenters. The minimum atomic E-state index is -3.69. The molecule has 0 aliphatic heterocycles. The normalized spacial score (nSPS) is 10.8. The molecule has 19 heavy (non-hydrogen) atoms. The van der Waals surface area contributed by atoms with Crippen LogP contribution in [0.1, 0.15) is 10.7 Å². The lowest BCUT2D eigenvalue weighted by Gasteiger charge is -2.01. The van der Waals surface area contributed by atoms with Gasteiger partial charge in [-0.25, -0.2) is 9.97 Å². The van der Waals surface area contributed by atoms with Crippen LogP contribution in [0.25, 0.3) is 0 Å². The first kappa shape index (κ1) is 13.5. The van der Waals surface area contributed by atoms with Gasteiger partial charge in [0.05, 0.1) is 23.8 Å². The van der Waals surface area contributed by atoms with Crippen LogP contribution in [-0.2, 0) is 10.0 Å². The fourth-order valence-electron chi connectivity index (χ4n) is 1.22. The molecule has 0 spiro atoms. The number of nitrogens with two attached hydrogens (primary N) is 1. The van der Waals surface area contributed by atoms with E-state index in [9.17, 15) is 8.42 Å². The molecule has 0 aliphatic rings. The summed E-state index contributed by atoms with van der Waals surface area (Å²) < 4.78 is 26.3. The lowest BCUT2D eigenvalue weighted by molar-refractivity contribution is 0.598. The number of aromatic nitrogens is 3. The number of anilines is 1. The zero-order valence-electron chi connectivity index (χ0n) is 9.97. The Morgan fingerprint density at radius 2 is 2.26 bits per heavy atom. The van der Waals surface area contributed by atoms with Crippen LogP contribution in [0.5, 0.6) is 0 Å². The molecule has 0 fully saturated rings. The second kappa shape index (κ2) is 5.40. The predicted octanol–water partition coefficient (Wildman–Crippen LogP) is 0.286. The first-order valence-electron chi connectivity index (χ1n) is 5.20. The van der Waals surface area contributed by atoms with Gasteiger partial charge in [-0.1, -0.05) is 23.2 Å². The van der Waals surface area contributed by atoms with Gasteiger partial charge in [0.15, 0.2) is 10.2 Å². The fourth-order valence-corrected chi connectivity index (χ4v) is 3.13. The highest BCUT2D eigenvalue weighted by molar-refractivity contribution is 7.92. The monoisotopic (exact) mass is 297 g/mol. The van der Waals surface area contributed by atoms with Crippen molar-refractivity contribution < 1.29 is 8.42 Å². The Morgan fingerprint density at radius 3 is 2.89 bits per heavy atom. The molecule has 4 N–H and O–H groups in total. The summed E-state index contributed by atoms with van der Waals surface area (Å²) in [6.07, 6.45) is 2.74. The highest BCUT2D eigenvalue weighted by Crippen LogP contribution is 2.20. The Kier molecular flexibility index (Phi) is 3.84. The Balaban J connectivity index is 2.19. The maximum atomic E-state index is 12.0. The summed E-state index contributed by atoms with van der Waals surface area (Å²) in [6.45, 7) is 1.91. The molecule has 0 saturated heterocycles. The van der Waals surface area contributed by atoms with Gasteiger partial charge in [-0.3, -0.25) is 4.72 Å². The Bertz CT molecular complexity index is 735. The Hall–Kier alpha value is -1.89. The lowest BCUT2D eigenvalue weighted by Crippen LogP contribution is -2.13. The quantitative estimate of drug-likeness (QED) is 0.704. The molecule has 0 radical (unpaired) electrons. The Labute approximate surface area is 114 Å². The van der Waals surface area contributed by atoms with Gasteiger partial charge in [0.25, 0.3) is 10.0 Å². The first-order valence-corrected chi connectivity index (χ1v) is 7.50. The fraction of sp³-hybridized carbons (Fsp3) is 0.200. The van der Waals surface area contributed by atoms with Crippen molar-refractivity contribution in [1.82, 2.24) is 15.0 Å². The standard InChI is InChI=1S/C10H11N5O2S2/c1-7-12-6-9(14-7)19(16,17)15-10-13-5-8(18-10)3-2-4-11/h5-6H,4,11H2,1H3,(H,12,14)(H,13,15). The van der Waals surface area contributed by atoms with Crippen LogP contribution >= 0.6 is 11.3 Å². The smallest absolute Gasteiger partial charge is 0.280 e. The first-order chi connectivity index (χ1) is 9.01. The molecule has 2 aromatic rings. The van der Waals surface area contributed by atoms with Crippen LogP contribution < -0.4 is 10.5 Å². The van der Waals surface area contributed by atoms with Gasteiger partial charge in [-0.05, 0) is 6.92 Å². The molecule has 0 saturated carbocycles. The number of imidazole rings is 1. The zero-order valence-corrected chi connectivity index (χ0v) is 11.6. The minimum Gasteiger partial charge on any atom is -0.332 e. The third-order valence-corrected chi connectivity index (χ3v) is 4.22. The van der Waals surface area contributed by atoms with Gasteiger partial charge in [-0.15, -0.1) is 0 Å². The van der Waals surface area contributed by atoms with E-state index in [4.69, 9.17) is 5.73 Å². The number of aryl methyl sites for hydroxylation is 1. The second-order valence-electron chi connectivity index (χ2n) is 3.47. The number of nitrogens with one attached hydrogen (secondary N) is 2. The zero-order chi connectivity index (χ0) is 13.9. The highest BCUT2D eigenvalue weighted by Gasteiger charge is 2.18. The van der Waals surface area contributed by atoms with Crippen LogP contribution in [0.2, 0.25) is 0 Å². The largest absolute Gasteiger partial charge is 0.332 e. The van der Waals surface area contributed by atoms with E-state index < -0.39 is 10.0 Å². The molecular weight excluding hydrogens is 286 g/mol. The molecule has 9 heteroatoms. The summed E-state index contributed by atoms with van der Waals surface area (Å²) in [5.41, 5.74) is 5.25. The number of hydrogen-bond donors (Lipinski definition) is 3. The summed E-state index contributed by atoms with van der Waals surface area (Å²) in [6, 6.07) is 0. The molecule has 0 aliphatic carbocycles. The van der Waals surface area contributed by atoms with E-state index >= 15 is 0 Å². The van der Waals surface area contributed by atoms with E-state index in [-0.39, 0.29) is 16.7 Å². The minimum absolute atomic E-state index is 0.00482. The number of thiazole rings is 1. The molecule has 2 heterocycles. The maximum Gasteiger partial charge on any atom is 0.280 e. The molecular formula is C10H11N5O2S2. The topological polar surface area (TPSA) is 114 Å². The number of rotatable bonds is 3. The van der Waals surface area contributed by atoms with Crippen LogP contribution in [0, 0.1) is 18.8 Å². The number of aromatic amines is 1. The average molecular weight is 297 g/mol. The van der Waals surface area contributed by atoms with Gasteiger partial charge in [-0.2, -0.15) is 8.42 Å². The van der Waals surface area contributed by atoms with Crippen molar-refractivity contribution >= 4 is 26.5 Å². The summed E-state index contributed by atoms with van der Waals surface area (Å²) in [5, 5.41) is 0.239. The molecule has 0 amide bonds. The van der Waals surface area contributed by atoms with Gasteiger partial charge in [0.1, 0.15) is 5.82 Å². The van der Waals surface area contributed by atoms with Crippen molar-refractivity contribution in [1.29, 1.82) is 0 Å². The van der Waals surface area contributed by atoms with Crippen molar-refractivity contribution in [3.05, 3.63) is 23.1 Å². The van der Waals surface area contributed by atoms with Gasteiger partial charge in [0, 0.05) is 0 Å². The lowest BCUT2D eigenvalue weighted by atomic mass is 10.5. The van der Waals surface area contributed by atoms with E-state index in [1.54, 1.807) is 6.92 Å². The molecule has 7 nitrogen and oxygen atoms in total. The summed E-state index contributed by atoms with van der Waals surface area (Å²) in [7, 11) is -3.69. The Morgan fingerprint density at radius 1 is 1.47 bits per heavy atom. The van der Waals surface area contributed by atoms with Gasteiger partial charge >= 0.3 is 0 Å². The van der Waals surface area contributed by atoms with Crippen LogP contribution in [0.3, 0.4) is 0 Å². The van der Waals surface area contributed by atoms with E-state index in [1.165, 1.54) is 12.4 Å². The molecule has 0 unspecified atom stereocenters. The predicted molar refractivity (Wildman–Crippen MR) is 72.2 cm³/mol. The van der Waals surface area contributed by atoms with E-state index in [1.807, 2.05) is 0 Å². The average Bonchev–Trinajstić information content (AvgIpc) is 2.95. The third kappa shape index (κ3) is 3.31. The van der Waals surface area contributed by atoms with Crippen molar-refractivity contribution in [3.63, 3.8) is 0 Å². The van der Waals surface area contributed by atoms with Gasteiger partial charge in [0.2, 0.25) is 0 Å². The van der Waals surface area contributed by atoms with Crippen molar-refractivity contribution in [2.75, 3.05) is 11.3 Å². The summed E-state index contributed by atoms with van der Waals surface area (Å²) in [4.78, 5) is 11.1. The summed E-state index contributed by atoms with van der Waals surface area (Å²) in [5.74, 6) is 5.97. The van der Waals surface area contributed by atoms with Crippen molar-refractivity contribution in [2.24, 2.45) is 5.73 Å². The number of H-pyrrole nitrogens is 1. The SMILES string of the molecule is Cc1ncc(S(=O)(=O)Nc2ncc(C#CCN)s2)[nH]1. The van der Waals surface area contributed by atoms with Crippen LogP contribution in [-0.4, -0.2) is 29.9 Å². The number of nitrogens with zero attached hydrogens (tertiary/aromatic N) is 2. The van der Waals surface area contributed by atoms with E-state index in [0.29, 0.717) is 10.7 Å². The van der Waals surface area contributed by atoms with Crippen LogP contribution in [0.15, 0.2) is 17.4 Å². The van der Waals surface area contributed by atoms with Crippen LogP contribution in [0.4, 0.5) is 5.13 Å². The molecule has 0 bridgehead atoms. The molecule has 0 aromatic carbocycles. The maximum absolute atomic E-state index is 12.0. The molecule has 100 valence electrons. The van der Waals surface area contributed by atoms with E-state index in [0.717, 1.165) is 11.3 Å². The second-order valence-corrected chi connectivity index (χ2v) is 6.16. The molecule has 2 rings (SSSR count). The summed E-state index contributed by atoms with van der Waals surface area (Å²) >= 11 is 1.14.